The maximum Gasteiger partial charge on any atom is 0.454 e. The summed E-state index contributed by atoms with van der Waals surface area (Å²) in [5.74, 6) is 2.96. The van der Waals surface area contributed by atoms with Crippen molar-refractivity contribution in [3.05, 3.63) is 15.9 Å². The van der Waals surface area contributed by atoms with E-state index in [1.807, 2.05) is 5.10 Å². The molecule has 0 aliphatic heterocycles. The summed E-state index contributed by atoms with van der Waals surface area (Å²) in [5, 5.41) is 15.2. The molecule has 0 aliphatic carbocycles. The molecule has 1 rings (SSSR count). The van der Waals surface area contributed by atoms with E-state index in [1.54, 1.807) is 5.43 Å². The zero-order valence-corrected chi connectivity index (χ0v) is 5.64. The van der Waals surface area contributed by atoms with E-state index in [1.165, 1.54) is 0 Å². The summed E-state index contributed by atoms with van der Waals surface area (Å²) < 4.78 is 0. The van der Waals surface area contributed by atoms with Gasteiger partial charge in [-0.2, -0.15) is 0 Å². The first-order valence-corrected chi connectivity index (χ1v) is 2.73. The number of hydrazine groups is 1. The number of hydrogen-bond acceptors (Lipinski definition) is 6. The van der Waals surface area contributed by atoms with Gasteiger partial charge in [-0.3, -0.25) is 10.2 Å². The third kappa shape index (κ3) is 1.34. The summed E-state index contributed by atoms with van der Waals surface area (Å²) in [6.45, 7) is 0. The number of nitrogens with zero attached hydrogens (tertiary/aromatic N) is 3. The molecular formula is C3H4N6O3. The van der Waals surface area contributed by atoms with Gasteiger partial charge in [0.05, 0.1) is 0 Å². The van der Waals surface area contributed by atoms with Gasteiger partial charge in [0.2, 0.25) is 0 Å². The lowest BCUT2D eigenvalue weighted by Gasteiger charge is -1.86. The molecule has 64 valence electrons. The van der Waals surface area contributed by atoms with Crippen molar-refractivity contribution in [3.63, 3.8) is 0 Å². The Hall–Kier alpha value is -2.03. The number of nitrogens with one attached hydrogen (secondary N) is 2. The molecular weight excluding hydrogens is 168 g/mol. The van der Waals surface area contributed by atoms with E-state index in [-0.39, 0.29) is 5.82 Å². The number of carbonyl (C=O) groups is 1. The molecule has 0 bridgehead atoms. The number of aromatic amines is 1. The fourth-order valence-electron chi connectivity index (χ4n) is 0.501. The molecule has 0 aromatic carbocycles. The number of hydrogen-bond donors (Lipinski definition) is 3. The fourth-order valence-corrected chi connectivity index (χ4v) is 0.501. The number of nitrogens with two attached hydrogens (primary N) is 1. The molecule has 9 nitrogen and oxygen atoms in total. The predicted octanol–water partition coefficient (Wildman–Crippen LogP) is -1.68. The lowest BCUT2D eigenvalue weighted by atomic mass is 10.6. The van der Waals surface area contributed by atoms with Crippen molar-refractivity contribution in [1.82, 2.24) is 20.6 Å². The van der Waals surface area contributed by atoms with Crippen LogP contribution in [0, 0.1) is 10.1 Å². The van der Waals surface area contributed by atoms with Crippen LogP contribution < -0.4 is 11.3 Å². The van der Waals surface area contributed by atoms with Gasteiger partial charge in [-0.1, -0.05) is 5.10 Å². The fraction of sp³-hybridized carbons (Fsp3) is 0. The van der Waals surface area contributed by atoms with Gasteiger partial charge in [-0.25, -0.2) is 5.84 Å². The maximum absolute atomic E-state index is 10.6. The summed E-state index contributed by atoms with van der Waals surface area (Å²) in [6, 6.07) is 0. The van der Waals surface area contributed by atoms with Crippen molar-refractivity contribution in [2.75, 3.05) is 0 Å². The monoisotopic (exact) mass is 172 g/mol. The van der Waals surface area contributed by atoms with Crippen molar-refractivity contribution < 1.29 is 9.72 Å². The van der Waals surface area contributed by atoms with Crippen LogP contribution in [0.25, 0.3) is 0 Å². The minimum absolute atomic E-state index is 0.371. The standard InChI is InChI=1S/C3H4N6O3/c4-6-2(10)1-5-3(8-7-1)9(11)12/h4H2,(H,6,10)(H,5,7,8). The summed E-state index contributed by atoms with van der Waals surface area (Å²) in [4.78, 5) is 23.1. The van der Waals surface area contributed by atoms with Crippen LogP contribution in [0.1, 0.15) is 10.6 Å². The quantitative estimate of drug-likeness (QED) is 0.210. The molecule has 4 N–H and O–H groups in total. The van der Waals surface area contributed by atoms with Crippen LogP contribution in [-0.4, -0.2) is 26.0 Å². The molecule has 0 fully saturated rings. The van der Waals surface area contributed by atoms with Crippen molar-refractivity contribution in [2.45, 2.75) is 0 Å². The van der Waals surface area contributed by atoms with Crippen LogP contribution in [0.4, 0.5) is 5.95 Å². The van der Waals surface area contributed by atoms with E-state index in [4.69, 9.17) is 5.84 Å². The summed E-state index contributed by atoms with van der Waals surface area (Å²) in [7, 11) is 0. The van der Waals surface area contributed by atoms with E-state index >= 15 is 0 Å². The zero-order chi connectivity index (χ0) is 9.14. The van der Waals surface area contributed by atoms with Gasteiger partial charge in [-0.15, -0.1) is 5.10 Å². The Morgan fingerprint density at radius 2 is 2.42 bits per heavy atom. The van der Waals surface area contributed by atoms with Gasteiger partial charge in [0.1, 0.15) is 0 Å². The number of aromatic nitrogens is 3. The Balaban J connectivity index is 2.91. The second-order valence-corrected chi connectivity index (χ2v) is 1.71. The van der Waals surface area contributed by atoms with Crippen LogP contribution in [0.2, 0.25) is 0 Å². The van der Waals surface area contributed by atoms with E-state index < -0.39 is 16.8 Å². The number of carbonyl (C=O) groups excluding carboxylic acids is 1. The van der Waals surface area contributed by atoms with Crippen LogP contribution in [0.3, 0.4) is 0 Å². The normalized spacial score (nSPS) is 9.42. The lowest BCUT2D eigenvalue weighted by Crippen LogP contribution is -2.30. The van der Waals surface area contributed by atoms with E-state index in [0.717, 1.165) is 0 Å². The minimum atomic E-state index is -0.805. The molecule has 9 heteroatoms. The van der Waals surface area contributed by atoms with Gasteiger partial charge in [-0.05, 0) is 9.91 Å². The summed E-state index contributed by atoms with van der Waals surface area (Å²) in [6.07, 6.45) is 0. The van der Waals surface area contributed by atoms with Crippen molar-refractivity contribution >= 4 is 11.9 Å². The van der Waals surface area contributed by atoms with Crippen molar-refractivity contribution in [3.8, 4) is 0 Å². The Morgan fingerprint density at radius 1 is 1.75 bits per heavy atom. The maximum atomic E-state index is 10.6. The highest BCUT2D eigenvalue weighted by Gasteiger charge is 2.19. The van der Waals surface area contributed by atoms with Crippen LogP contribution in [0.15, 0.2) is 0 Å². The second-order valence-electron chi connectivity index (χ2n) is 1.71. The Bertz CT molecular complexity index is 318. The molecule has 0 spiro atoms. The van der Waals surface area contributed by atoms with E-state index in [9.17, 15) is 14.9 Å². The molecule has 0 radical (unpaired) electrons. The molecule has 0 unspecified atom stereocenters. The Morgan fingerprint density at radius 3 is 2.83 bits per heavy atom. The smallest absolute Gasteiger partial charge is 0.390 e. The van der Waals surface area contributed by atoms with Crippen molar-refractivity contribution in [2.24, 2.45) is 5.84 Å². The lowest BCUT2D eigenvalue weighted by molar-refractivity contribution is -0.394. The Labute approximate surface area is 65.1 Å². The number of rotatable bonds is 2. The molecule has 0 saturated heterocycles. The van der Waals surface area contributed by atoms with Gasteiger partial charge < -0.3 is 10.1 Å². The first-order valence-electron chi connectivity index (χ1n) is 2.73. The number of H-pyrrole nitrogens is 1. The molecule has 1 aromatic rings. The number of amides is 1. The number of nitrogen functional groups attached to an aromatic ring is 1. The van der Waals surface area contributed by atoms with E-state index in [0.29, 0.717) is 0 Å². The second kappa shape index (κ2) is 2.92. The van der Waals surface area contributed by atoms with Gasteiger partial charge in [0.15, 0.2) is 0 Å². The van der Waals surface area contributed by atoms with Crippen LogP contribution in [-0.2, 0) is 0 Å². The molecule has 0 atom stereocenters. The number of nitro groups is 1. The Kier molecular flexibility index (Phi) is 1.96. The van der Waals surface area contributed by atoms with Gasteiger partial charge in [0.25, 0.3) is 0 Å². The van der Waals surface area contributed by atoms with Crippen molar-refractivity contribution in [1.29, 1.82) is 0 Å². The minimum Gasteiger partial charge on any atom is -0.390 e. The predicted molar refractivity (Wildman–Crippen MR) is 34.7 cm³/mol. The highest BCUT2D eigenvalue weighted by molar-refractivity contribution is 5.89. The summed E-state index contributed by atoms with van der Waals surface area (Å²) >= 11 is 0. The van der Waals surface area contributed by atoms with Crippen LogP contribution >= 0.6 is 0 Å². The van der Waals surface area contributed by atoms with Crippen LogP contribution in [0.5, 0.6) is 0 Å². The molecule has 0 aliphatic rings. The first-order chi connectivity index (χ1) is 5.65. The SMILES string of the molecule is NNC(=O)c1n[nH]c([N+](=O)[O-])n1. The van der Waals surface area contributed by atoms with Gasteiger partial charge in [0, 0.05) is 0 Å². The third-order valence-corrected chi connectivity index (χ3v) is 0.981. The average Bonchev–Trinajstić information content (AvgIpc) is 2.51. The molecule has 1 heterocycles. The molecule has 12 heavy (non-hydrogen) atoms. The topological polar surface area (TPSA) is 140 Å². The first kappa shape index (κ1) is 8.07. The summed E-state index contributed by atoms with van der Waals surface area (Å²) in [5.41, 5.74) is 1.73. The highest BCUT2D eigenvalue weighted by Crippen LogP contribution is 2.00. The van der Waals surface area contributed by atoms with Gasteiger partial charge >= 0.3 is 17.7 Å². The largest absolute Gasteiger partial charge is 0.454 e. The molecule has 0 saturated carbocycles. The highest BCUT2D eigenvalue weighted by atomic mass is 16.6. The zero-order valence-electron chi connectivity index (χ0n) is 5.64. The average molecular weight is 172 g/mol. The molecule has 1 amide bonds. The molecule has 1 aromatic heterocycles. The van der Waals surface area contributed by atoms with E-state index in [2.05, 4.69) is 10.1 Å². The third-order valence-electron chi connectivity index (χ3n) is 0.981.